The number of hydrogen-bond acceptors (Lipinski definition) is 5. The summed E-state index contributed by atoms with van der Waals surface area (Å²) < 4.78 is 16.7. The van der Waals surface area contributed by atoms with Gasteiger partial charge in [-0.25, -0.2) is 4.99 Å². The van der Waals surface area contributed by atoms with Crippen molar-refractivity contribution < 1.29 is 19.0 Å². The zero-order valence-corrected chi connectivity index (χ0v) is 10.8. The lowest BCUT2D eigenvalue weighted by Crippen LogP contribution is -2.36. The highest BCUT2D eigenvalue weighted by Crippen LogP contribution is 2.32. The van der Waals surface area contributed by atoms with E-state index in [-0.39, 0.29) is 18.2 Å². The summed E-state index contributed by atoms with van der Waals surface area (Å²) in [5, 5.41) is 0. The molecule has 1 fully saturated rings. The Hall–Kier alpha value is -1.88. The van der Waals surface area contributed by atoms with Crippen molar-refractivity contribution in [3.63, 3.8) is 0 Å². The van der Waals surface area contributed by atoms with Crippen molar-refractivity contribution in [2.75, 3.05) is 0 Å². The summed E-state index contributed by atoms with van der Waals surface area (Å²) in [5.41, 5.74) is 0.898. The molecule has 4 atom stereocenters. The third kappa shape index (κ3) is 2.21. The van der Waals surface area contributed by atoms with E-state index in [1.54, 1.807) is 0 Å². The first-order chi connectivity index (χ1) is 9.15. The fourth-order valence-electron chi connectivity index (χ4n) is 2.39. The van der Waals surface area contributed by atoms with Gasteiger partial charge in [-0.05, 0) is 19.1 Å². The molecule has 2 aliphatic heterocycles. The van der Waals surface area contributed by atoms with Crippen LogP contribution in [0.15, 0.2) is 35.3 Å². The predicted octanol–water partition coefficient (Wildman–Crippen LogP) is 1.51. The predicted molar refractivity (Wildman–Crippen MR) is 67.7 cm³/mol. The van der Waals surface area contributed by atoms with Crippen molar-refractivity contribution in [1.29, 1.82) is 0 Å². The molecule has 1 saturated heterocycles. The summed E-state index contributed by atoms with van der Waals surface area (Å²) in [4.78, 5) is 15.5. The number of carbonyl (C=O) groups excluding carboxylic acids is 1. The summed E-state index contributed by atoms with van der Waals surface area (Å²) >= 11 is 0. The minimum atomic E-state index is -0.410. The highest BCUT2D eigenvalue weighted by Gasteiger charge is 2.50. The van der Waals surface area contributed by atoms with E-state index >= 15 is 0 Å². The lowest BCUT2D eigenvalue weighted by atomic mass is 10.1. The van der Waals surface area contributed by atoms with Crippen LogP contribution < -0.4 is 0 Å². The summed E-state index contributed by atoms with van der Waals surface area (Å²) in [6.45, 7) is 3.24. The third-order valence-corrected chi connectivity index (χ3v) is 3.24. The lowest BCUT2D eigenvalue weighted by Gasteiger charge is -2.19. The van der Waals surface area contributed by atoms with Gasteiger partial charge in [0.25, 0.3) is 0 Å². The van der Waals surface area contributed by atoms with Crippen LogP contribution in [-0.4, -0.2) is 36.4 Å². The van der Waals surface area contributed by atoms with Gasteiger partial charge in [-0.2, -0.15) is 0 Å². The summed E-state index contributed by atoms with van der Waals surface area (Å²) in [5.74, 6) is 0.206. The van der Waals surface area contributed by atoms with Gasteiger partial charge in [0.1, 0.15) is 0 Å². The number of carbonyl (C=O) groups is 1. The van der Waals surface area contributed by atoms with Crippen LogP contribution in [0.25, 0.3) is 0 Å². The molecule has 0 bridgehead atoms. The maximum absolute atomic E-state index is 11.1. The molecule has 0 radical (unpaired) electrons. The van der Waals surface area contributed by atoms with Crippen LogP contribution >= 0.6 is 0 Å². The topological polar surface area (TPSA) is 57.1 Å². The maximum atomic E-state index is 11.1. The first kappa shape index (κ1) is 12.2. The minimum Gasteiger partial charge on any atom is -0.465 e. The Morgan fingerprint density at radius 1 is 1.32 bits per heavy atom. The second-order valence-electron chi connectivity index (χ2n) is 4.69. The maximum Gasteiger partial charge on any atom is 0.303 e. The van der Waals surface area contributed by atoms with Gasteiger partial charge < -0.3 is 14.2 Å². The molecule has 19 heavy (non-hydrogen) atoms. The van der Waals surface area contributed by atoms with E-state index in [9.17, 15) is 4.79 Å². The van der Waals surface area contributed by atoms with Gasteiger partial charge >= 0.3 is 5.97 Å². The molecule has 0 unspecified atom stereocenters. The fraction of sp³-hybridized carbons (Fsp3) is 0.429. The van der Waals surface area contributed by atoms with E-state index < -0.39 is 12.3 Å². The normalized spacial score (nSPS) is 32.4. The molecule has 0 saturated carbocycles. The number of esters is 1. The average molecular weight is 261 g/mol. The molecule has 5 nitrogen and oxygen atoms in total. The Labute approximate surface area is 111 Å². The molecule has 1 aromatic carbocycles. The number of rotatable bonds is 2. The van der Waals surface area contributed by atoms with E-state index in [1.165, 1.54) is 6.92 Å². The molecule has 1 aromatic rings. The Kier molecular flexibility index (Phi) is 2.98. The van der Waals surface area contributed by atoms with Gasteiger partial charge in [-0.1, -0.05) is 18.2 Å². The molecule has 0 N–H and O–H groups in total. The van der Waals surface area contributed by atoms with E-state index in [4.69, 9.17) is 14.2 Å². The number of fused-ring (bicyclic) bond motifs is 1. The van der Waals surface area contributed by atoms with Gasteiger partial charge in [0.05, 0.1) is 6.10 Å². The quantitative estimate of drug-likeness (QED) is 0.757. The molecule has 0 aromatic heterocycles. The molecule has 0 amide bonds. The van der Waals surface area contributed by atoms with Crippen molar-refractivity contribution in [1.82, 2.24) is 0 Å². The monoisotopic (exact) mass is 261 g/mol. The highest BCUT2D eigenvalue weighted by atomic mass is 16.6. The molecular weight excluding hydrogens is 246 g/mol. The molecule has 0 spiro atoms. The zero-order chi connectivity index (χ0) is 13.4. The zero-order valence-electron chi connectivity index (χ0n) is 10.8. The Morgan fingerprint density at radius 2 is 2.05 bits per heavy atom. The lowest BCUT2D eigenvalue weighted by molar-refractivity contribution is -0.151. The molecule has 3 rings (SSSR count). The van der Waals surface area contributed by atoms with Crippen molar-refractivity contribution in [3.05, 3.63) is 35.9 Å². The molecular formula is C14H15NO4. The number of aliphatic imine (C=N–C) groups is 1. The van der Waals surface area contributed by atoms with Crippen molar-refractivity contribution in [2.45, 2.75) is 38.4 Å². The largest absolute Gasteiger partial charge is 0.465 e. The van der Waals surface area contributed by atoms with Gasteiger partial charge in [-0.15, -0.1) is 0 Å². The van der Waals surface area contributed by atoms with Crippen LogP contribution in [0.5, 0.6) is 0 Å². The van der Waals surface area contributed by atoms with Crippen molar-refractivity contribution >= 4 is 11.9 Å². The molecule has 2 aliphatic rings. The Morgan fingerprint density at radius 3 is 2.74 bits per heavy atom. The fourth-order valence-corrected chi connectivity index (χ4v) is 2.39. The van der Waals surface area contributed by atoms with E-state index in [2.05, 4.69) is 4.99 Å². The summed E-state index contributed by atoms with van der Waals surface area (Å²) in [6, 6.07) is 9.61. The Balaban J connectivity index is 1.79. The average Bonchev–Trinajstić information content (AvgIpc) is 2.90. The van der Waals surface area contributed by atoms with Gasteiger partial charge in [0.2, 0.25) is 5.90 Å². The van der Waals surface area contributed by atoms with E-state index in [1.807, 2.05) is 37.3 Å². The SMILES string of the molecule is CC(=O)O[C@H]1[C@H]2OC(c3ccccc3)=N[C@H]2O[C@@H]1C. The van der Waals surface area contributed by atoms with Crippen LogP contribution in [0.1, 0.15) is 19.4 Å². The van der Waals surface area contributed by atoms with Crippen LogP contribution in [0, 0.1) is 0 Å². The summed E-state index contributed by atoms with van der Waals surface area (Å²) in [7, 11) is 0. The number of nitrogens with zero attached hydrogens (tertiary/aromatic N) is 1. The second kappa shape index (κ2) is 4.66. The van der Waals surface area contributed by atoms with Crippen LogP contribution in [-0.2, 0) is 19.0 Å². The smallest absolute Gasteiger partial charge is 0.303 e. The van der Waals surface area contributed by atoms with E-state index in [0.29, 0.717) is 5.90 Å². The molecule has 5 heteroatoms. The summed E-state index contributed by atoms with van der Waals surface area (Å²) in [6.07, 6.45) is -1.36. The number of ether oxygens (including phenoxy) is 3. The number of hydrogen-bond donors (Lipinski definition) is 0. The molecule has 2 heterocycles. The molecule has 100 valence electrons. The molecule has 0 aliphatic carbocycles. The second-order valence-corrected chi connectivity index (χ2v) is 4.69. The number of benzene rings is 1. The van der Waals surface area contributed by atoms with Gasteiger partial charge in [-0.3, -0.25) is 4.79 Å². The van der Waals surface area contributed by atoms with Gasteiger partial charge in [0, 0.05) is 12.5 Å². The minimum absolute atomic E-state index is 0.208. The first-order valence-corrected chi connectivity index (χ1v) is 6.28. The van der Waals surface area contributed by atoms with Gasteiger partial charge in [0.15, 0.2) is 18.4 Å². The first-order valence-electron chi connectivity index (χ1n) is 6.28. The highest BCUT2D eigenvalue weighted by molar-refractivity contribution is 5.95. The third-order valence-electron chi connectivity index (χ3n) is 3.24. The van der Waals surface area contributed by atoms with E-state index in [0.717, 1.165) is 5.56 Å². The van der Waals surface area contributed by atoms with Crippen molar-refractivity contribution in [3.8, 4) is 0 Å². The van der Waals surface area contributed by atoms with Crippen molar-refractivity contribution in [2.24, 2.45) is 4.99 Å². The standard InChI is InChI=1S/C14H15NO4/c1-8-11(18-9(2)16)12-14(17-8)15-13(19-12)10-6-4-3-5-7-10/h3-8,11-12,14H,1-2H3/t8-,11-,12-,14+/m1/s1. The van der Waals surface area contributed by atoms with Crippen LogP contribution in [0.4, 0.5) is 0 Å². The van der Waals surface area contributed by atoms with Crippen LogP contribution in [0.3, 0.4) is 0 Å². The van der Waals surface area contributed by atoms with Crippen LogP contribution in [0.2, 0.25) is 0 Å². The Bertz CT molecular complexity index is 513.